The first-order valence-corrected chi connectivity index (χ1v) is 3.12. The fourth-order valence-electron chi connectivity index (χ4n) is 0.321. The molecule has 0 aromatic rings. The Morgan fingerprint density at radius 1 is 2.00 bits per heavy atom. The summed E-state index contributed by atoms with van der Waals surface area (Å²) in [5, 5.41) is 2.99. The summed E-state index contributed by atoms with van der Waals surface area (Å²) in [6.07, 6.45) is 0. The molecule has 35 valence electrons. The maximum Gasteiger partial charge on any atom is 0.130 e. The third-order valence-electron chi connectivity index (χ3n) is 0.577. The van der Waals surface area contributed by atoms with Gasteiger partial charge in [0.25, 0.3) is 0 Å². The summed E-state index contributed by atoms with van der Waals surface area (Å²) in [4.78, 5) is 0.130. The van der Waals surface area contributed by atoms with Gasteiger partial charge in [0.2, 0.25) is 0 Å². The molecule has 0 aromatic heterocycles. The van der Waals surface area contributed by atoms with Gasteiger partial charge in [0, 0.05) is 12.3 Å². The number of rotatable bonds is 0. The summed E-state index contributed by atoms with van der Waals surface area (Å²) >= 11 is 7.16. The lowest BCUT2D eigenvalue weighted by molar-refractivity contribution is 0.870. The van der Waals surface area contributed by atoms with Crippen LogP contribution in [0.4, 0.5) is 0 Å². The Kier molecular flexibility index (Phi) is 1.62. The Hall–Kier alpha value is 0.600. The Morgan fingerprint density at radius 3 is 3.00 bits per heavy atom. The zero-order valence-corrected chi connectivity index (χ0v) is 4.72. The third kappa shape index (κ3) is 1.03. The molecule has 1 nitrogen and oxygen atoms in total. The highest BCUT2D eigenvalue weighted by molar-refractivity contribution is 8.03. The molecule has 0 aromatic carbocycles. The van der Waals surface area contributed by atoms with Crippen LogP contribution in [0.2, 0.25) is 0 Å². The van der Waals surface area contributed by atoms with Gasteiger partial charge in [0.05, 0.1) is 0 Å². The zero-order valence-electron chi connectivity index (χ0n) is 3.15. The average molecular weight is 123 g/mol. The molecule has 1 unspecified atom stereocenters. The molecule has 3 heteroatoms. The molecule has 1 atom stereocenters. The van der Waals surface area contributed by atoms with Crippen molar-refractivity contribution >= 4 is 23.4 Å². The summed E-state index contributed by atoms with van der Waals surface area (Å²) in [6, 6.07) is 0. The topological polar surface area (TPSA) is 12.0 Å². The normalized spacial score (nSPS) is 34.5. The smallest absolute Gasteiger partial charge is 0.130 e. The SMILES string of the molecule is ClC1NC[CH]S1. The van der Waals surface area contributed by atoms with Crippen molar-refractivity contribution in [1.29, 1.82) is 0 Å². The number of alkyl halides is 1. The molecular weight excluding hydrogens is 118 g/mol. The molecule has 0 saturated carbocycles. The Labute approximate surface area is 46.4 Å². The molecule has 1 saturated heterocycles. The number of hydrogen-bond acceptors (Lipinski definition) is 2. The maximum absolute atomic E-state index is 5.53. The molecule has 1 aliphatic rings. The zero-order chi connectivity index (χ0) is 4.41. The second-order valence-corrected chi connectivity index (χ2v) is 2.80. The third-order valence-corrected chi connectivity index (χ3v) is 1.81. The van der Waals surface area contributed by atoms with Gasteiger partial charge in [-0.25, -0.2) is 0 Å². The van der Waals surface area contributed by atoms with E-state index in [0.717, 1.165) is 6.54 Å². The van der Waals surface area contributed by atoms with Gasteiger partial charge in [-0.15, -0.1) is 11.8 Å². The van der Waals surface area contributed by atoms with Gasteiger partial charge in [-0.05, 0) is 0 Å². The minimum Gasteiger partial charge on any atom is -0.292 e. The molecule has 1 aliphatic heterocycles. The maximum atomic E-state index is 5.53. The molecule has 0 amide bonds. The first kappa shape index (κ1) is 4.75. The van der Waals surface area contributed by atoms with E-state index < -0.39 is 0 Å². The van der Waals surface area contributed by atoms with E-state index in [1.807, 2.05) is 0 Å². The Morgan fingerprint density at radius 2 is 2.83 bits per heavy atom. The van der Waals surface area contributed by atoms with Gasteiger partial charge in [0.15, 0.2) is 0 Å². The molecular formula is C3H5ClNS. The molecule has 0 aliphatic carbocycles. The highest BCUT2D eigenvalue weighted by Gasteiger charge is 2.08. The second-order valence-electron chi connectivity index (χ2n) is 1.03. The Balaban J connectivity index is 2.18. The molecule has 1 rings (SSSR count). The highest BCUT2D eigenvalue weighted by Crippen LogP contribution is 2.19. The van der Waals surface area contributed by atoms with E-state index in [1.54, 1.807) is 11.8 Å². The van der Waals surface area contributed by atoms with Crippen LogP contribution in [0.15, 0.2) is 0 Å². The lowest BCUT2D eigenvalue weighted by Gasteiger charge is -1.91. The van der Waals surface area contributed by atoms with Crippen LogP contribution in [0.3, 0.4) is 0 Å². The van der Waals surface area contributed by atoms with Crippen molar-refractivity contribution in [3.8, 4) is 0 Å². The predicted octanol–water partition coefficient (Wildman–Crippen LogP) is 1.01. The van der Waals surface area contributed by atoms with Crippen molar-refractivity contribution in [2.45, 2.75) is 4.83 Å². The predicted molar refractivity (Wildman–Crippen MR) is 29.5 cm³/mol. The number of hydrogen-bond donors (Lipinski definition) is 1. The first-order valence-electron chi connectivity index (χ1n) is 1.74. The van der Waals surface area contributed by atoms with Crippen molar-refractivity contribution < 1.29 is 0 Å². The molecule has 1 heterocycles. The lowest BCUT2D eigenvalue weighted by Crippen LogP contribution is -2.11. The minimum atomic E-state index is 0.130. The summed E-state index contributed by atoms with van der Waals surface area (Å²) in [7, 11) is 0. The monoisotopic (exact) mass is 122 g/mol. The van der Waals surface area contributed by atoms with Gasteiger partial charge in [0.1, 0.15) is 4.83 Å². The standard InChI is InChI=1S/C3H5ClNS/c4-3-5-1-2-6-3/h2-3,5H,1H2. The van der Waals surface area contributed by atoms with E-state index in [0.29, 0.717) is 0 Å². The average Bonchev–Trinajstić information content (AvgIpc) is 1.86. The van der Waals surface area contributed by atoms with Crippen LogP contribution in [0.25, 0.3) is 0 Å². The lowest BCUT2D eigenvalue weighted by atomic mass is 10.8. The van der Waals surface area contributed by atoms with Gasteiger partial charge in [-0.3, -0.25) is 5.32 Å². The van der Waals surface area contributed by atoms with E-state index in [2.05, 4.69) is 11.1 Å². The van der Waals surface area contributed by atoms with Gasteiger partial charge >= 0.3 is 0 Å². The van der Waals surface area contributed by atoms with Crippen molar-refractivity contribution in [3.63, 3.8) is 0 Å². The van der Waals surface area contributed by atoms with E-state index >= 15 is 0 Å². The number of thioether (sulfide) groups is 1. The van der Waals surface area contributed by atoms with E-state index in [9.17, 15) is 0 Å². The summed E-state index contributed by atoms with van der Waals surface area (Å²) in [5.74, 6) is 2.05. The fourth-order valence-corrected chi connectivity index (χ4v) is 1.18. The van der Waals surface area contributed by atoms with Crippen LogP contribution in [-0.4, -0.2) is 11.4 Å². The van der Waals surface area contributed by atoms with Crippen LogP contribution in [0.5, 0.6) is 0 Å². The van der Waals surface area contributed by atoms with Crippen molar-refractivity contribution in [2.75, 3.05) is 6.54 Å². The molecule has 0 spiro atoms. The fraction of sp³-hybridized carbons (Fsp3) is 0.667. The van der Waals surface area contributed by atoms with Crippen molar-refractivity contribution in [2.24, 2.45) is 0 Å². The summed E-state index contributed by atoms with van der Waals surface area (Å²) < 4.78 is 0. The molecule has 1 N–H and O–H groups in total. The van der Waals surface area contributed by atoms with Crippen LogP contribution >= 0.6 is 23.4 Å². The number of nitrogens with one attached hydrogen (secondary N) is 1. The summed E-state index contributed by atoms with van der Waals surface area (Å²) in [6.45, 7) is 0.943. The highest BCUT2D eigenvalue weighted by atomic mass is 35.5. The first-order chi connectivity index (χ1) is 2.89. The van der Waals surface area contributed by atoms with E-state index in [1.165, 1.54) is 0 Å². The molecule has 0 bridgehead atoms. The van der Waals surface area contributed by atoms with Crippen molar-refractivity contribution in [3.05, 3.63) is 5.75 Å². The largest absolute Gasteiger partial charge is 0.292 e. The molecule has 1 radical (unpaired) electrons. The van der Waals surface area contributed by atoms with Gasteiger partial charge in [-0.2, -0.15) is 0 Å². The van der Waals surface area contributed by atoms with E-state index in [4.69, 9.17) is 11.6 Å². The summed E-state index contributed by atoms with van der Waals surface area (Å²) in [5.41, 5.74) is 0. The van der Waals surface area contributed by atoms with Gasteiger partial charge < -0.3 is 0 Å². The van der Waals surface area contributed by atoms with E-state index in [-0.39, 0.29) is 4.83 Å². The molecule has 1 fully saturated rings. The van der Waals surface area contributed by atoms with Crippen LogP contribution in [0.1, 0.15) is 0 Å². The van der Waals surface area contributed by atoms with Gasteiger partial charge in [-0.1, -0.05) is 11.6 Å². The van der Waals surface area contributed by atoms with Crippen molar-refractivity contribution in [1.82, 2.24) is 5.32 Å². The second kappa shape index (κ2) is 2.05. The van der Waals surface area contributed by atoms with Crippen LogP contribution in [-0.2, 0) is 0 Å². The quantitative estimate of drug-likeness (QED) is 0.380. The number of halogens is 1. The minimum absolute atomic E-state index is 0.130. The Bertz CT molecular complexity index is 44.1. The van der Waals surface area contributed by atoms with Crippen LogP contribution < -0.4 is 5.32 Å². The molecule has 6 heavy (non-hydrogen) atoms. The van der Waals surface area contributed by atoms with Crippen LogP contribution in [0, 0.1) is 5.75 Å².